The standard InChI is InChI=1S/C23H25FO4/c1-3-14-11-18(16-9-10-16)22(12-20(14)24)27-13-19-17(15-7-8-15)5-4-6-21(19)28-23(25)26-2/h4-6,11-12,15-16H,3,7-10,13H2,1-2H3. The molecule has 2 saturated carbocycles. The number of aryl methyl sites for hydroxylation is 1. The molecular formula is C23H25FO4. The number of methoxy groups -OCH3 is 1. The molecule has 2 aliphatic carbocycles. The second kappa shape index (κ2) is 7.82. The van der Waals surface area contributed by atoms with Gasteiger partial charge in [0.2, 0.25) is 0 Å². The van der Waals surface area contributed by atoms with Crippen molar-refractivity contribution in [2.45, 2.75) is 57.5 Å². The Kier molecular flexibility index (Phi) is 5.25. The van der Waals surface area contributed by atoms with Crippen LogP contribution in [-0.2, 0) is 17.8 Å². The average molecular weight is 384 g/mol. The maximum absolute atomic E-state index is 14.4. The zero-order valence-corrected chi connectivity index (χ0v) is 16.3. The highest BCUT2D eigenvalue weighted by atomic mass is 19.1. The van der Waals surface area contributed by atoms with Gasteiger partial charge in [-0.15, -0.1) is 0 Å². The van der Waals surface area contributed by atoms with E-state index in [1.807, 2.05) is 25.1 Å². The van der Waals surface area contributed by atoms with Crippen LogP contribution in [0.3, 0.4) is 0 Å². The lowest BCUT2D eigenvalue weighted by molar-refractivity contribution is 0.120. The van der Waals surface area contributed by atoms with E-state index in [4.69, 9.17) is 9.47 Å². The molecule has 2 aliphatic rings. The highest BCUT2D eigenvalue weighted by Crippen LogP contribution is 2.47. The molecular weight excluding hydrogens is 359 g/mol. The van der Waals surface area contributed by atoms with E-state index in [1.165, 1.54) is 13.2 Å². The van der Waals surface area contributed by atoms with Gasteiger partial charge >= 0.3 is 6.16 Å². The molecule has 2 aromatic rings. The van der Waals surface area contributed by atoms with Crippen LogP contribution in [0, 0.1) is 5.82 Å². The van der Waals surface area contributed by atoms with Gasteiger partial charge in [0.1, 0.15) is 23.9 Å². The second-order valence-corrected chi connectivity index (χ2v) is 7.55. The predicted molar refractivity (Wildman–Crippen MR) is 104 cm³/mol. The van der Waals surface area contributed by atoms with Gasteiger partial charge in [0.05, 0.1) is 7.11 Å². The van der Waals surface area contributed by atoms with Crippen LogP contribution in [0.5, 0.6) is 11.5 Å². The van der Waals surface area contributed by atoms with Crippen LogP contribution in [0.25, 0.3) is 0 Å². The Labute approximate surface area is 164 Å². The minimum atomic E-state index is -0.758. The van der Waals surface area contributed by atoms with Crippen LogP contribution < -0.4 is 9.47 Å². The van der Waals surface area contributed by atoms with Gasteiger partial charge in [-0.05, 0) is 72.8 Å². The number of hydrogen-bond acceptors (Lipinski definition) is 4. The zero-order chi connectivity index (χ0) is 19.7. The lowest BCUT2D eigenvalue weighted by atomic mass is 10.0. The van der Waals surface area contributed by atoms with Crippen LogP contribution in [0.15, 0.2) is 30.3 Å². The molecule has 0 N–H and O–H groups in total. The quantitative estimate of drug-likeness (QED) is 0.442. The molecule has 4 rings (SSSR count). The summed E-state index contributed by atoms with van der Waals surface area (Å²) in [7, 11) is 1.28. The van der Waals surface area contributed by atoms with E-state index < -0.39 is 6.16 Å². The van der Waals surface area contributed by atoms with E-state index in [0.717, 1.165) is 47.9 Å². The molecule has 0 radical (unpaired) electrons. The fourth-order valence-electron chi connectivity index (χ4n) is 3.62. The number of carbonyl (C=O) groups excluding carboxylic acids is 1. The van der Waals surface area contributed by atoms with E-state index in [-0.39, 0.29) is 12.4 Å². The normalized spacial score (nSPS) is 16.0. The van der Waals surface area contributed by atoms with Crippen molar-refractivity contribution in [3.05, 3.63) is 58.4 Å². The van der Waals surface area contributed by atoms with E-state index in [1.54, 1.807) is 6.07 Å². The molecule has 0 heterocycles. The Morgan fingerprint density at radius 1 is 1.07 bits per heavy atom. The van der Waals surface area contributed by atoms with Crippen LogP contribution in [0.1, 0.15) is 66.7 Å². The maximum Gasteiger partial charge on any atom is 0.513 e. The van der Waals surface area contributed by atoms with Crippen molar-refractivity contribution in [1.82, 2.24) is 0 Å². The first-order valence-electron chi connectivity index (χ1n) is 9.93. The van der Waals surface area contributed by atoms with Crippen molar-refractivity contribution >= 4 is 6.16 Å². The molecule has 0 saturated heterocycles. The number of rotatable bonds is 7. The first-order chi connectivity index (χ1) is 13.6. The molecule has 0 amide bonds. The van der Waals surface area contributed by atoms with Crippen molar-refractivity contribution in [1.29, 1.82) is 0 Å². The summed E-state index contributed by atoms with van der Waals surface area (Å²) in [5.74, 6) is 1.71. The van der Waals surface area contributed by atoms with E-state index >= 15 is 0 Å². The summed E-state index contributed by atoms with van der Waals surface area (Å²) in [6.07, 6.45) is 4.35. The van der Waals surface area contributed by atoms with E-state index in [0.29, 0.717) is 29.8 Å². The van der Waals surface area contributed by atoms with E-state index in [2.05, 4.69) is 4.74 Å². The van der Waals surface area contributed by atoms with Crippen LogP contribution in [-0.4, -0.2) is 13.3 Å². The lowest BCUT2D eigenvalue weighted by Gasteiger charge is -2.17. The maximum atomic E-state index is 14.4. The van der Waals surface area contributed by atoms with Gasteiger partial charge < -0.3 is 14.2 Å². The molecule has 148 valence electrons. The van der Waals surface area contributed by atoms with Crippen molar-refractivity contribution in [3.8, 4) is 11.5 Å². The fourth-order valence-corrected chi connectivity index (χ4v) is 3.62. The molecule has 0 aliphatic heterocycles. The summed E-state index contributed by atoms with van der Waals surface area (Å²) < 4.78 is 30.5. The summed E-state index contributed by atoms with van der Waals surface area (Å²) in [6, 6.07) is 9.11. The van der Waals surface area contributed by atoms with Crippen LogP contribution in [0.2, 0.25) is 0 Å². The number of hydrogen-bond donors (Lipinski definition) is 0. The molecule has 0 aromatic heterocycles. The van der Waals surface area contributed by atoms with Crippen molar-refractivity contribution in [2.75, 3.05) is 7.11 Å². The van der Waals surface area contributed by atoms with Gasteiger partial charge in [-0.25, -0.2) is 9.18 Å². The number of carbonyl (C=O) groups is 1. The first kappa shape index (κ1) is 18.8. The van der Waals surface area contributed by atoms with Crippen molar-refractivity contribution < 1.29 is 23.4 Å². The summed E-state index contributed by atoms with van der Waals surface area (Å²) in [4.78, 5) is 11.6. The predicted octanol–water partition coefficient (Wildman–Crippen LogP) is 5.87. The molecule has 4 nitrogen and oxygen atoms in total. The summed E-state index contributed by atoms with van der Waals surface area (Å²) in [5.41, 5.74) is 3.76. The molecule has 2 aromatic carbocycles. The molecule has 0 bridgehead atoms. The Bertz CT molecular complexity index is 884. The Hall–Kier alpha value is -2.56. The number of benzene rings is 2. The monoisotopic (exact) mass is 384 g/mol. The Balaban J connectivity index is 1.63. The second-order valence-electron chi connectivity index (χ2n) is 7.55. The van der Waals surface area contributed by atoms with E-state index in [9.17, 15) is 9.18 Å². The molecule has 5 heteroatoms. The summed E-state index contributed by atoms with van der Waals surface area (Å²) in [6.45, 7) is 2.18. The third kappa shape index (κ3) is 3.98. The topological polar surface area (TPSA) is 44.8 Å². The van der Waals surface area contributed by atoms with Gasteiger partial charge in [-0.3, -0.25) is 0 Å². The van der Waals surface area contributed by atoms with Gasteiger partial charge in [-0.2, -0.15) is 0 Å². The van der Waals surface area contributed by atoms with Gasteiger partial charge in [0, 0.05) is 11.6 Å². The highest BCUT2D eigenvalue weighted by Gasteiger charge is 2.30. The Morgan fingerprint density at radius 2 is 1.79 bits per heavy atom. The molecule has 28 heavy (non-hydrogen) atoms. The van der Waals surface area contributed by atoms with Crippen molar-refractivity contribution in [3.63, 3.8) is 0 Å². The first-order valence-corrected chi connectivity index (χ1v) is 9.93. The third-order valence-corrected chi connectivity index (χ3v) is 5.50. The molecule has 0 unspecified atom stereocenters. The summed E-state index contributed by atoms with van der Waals surface area (Å²) >= 11 is 0. The van der Waals surface area contributed by atoms with Crippen LogP contribution >= 0.6 is 0 Å². The molecule has 0 atom stereocenters. The molecule has 0 spiro atoms. The van der Waals surface area contributed by atoms with Crippen LogP contribution in [0.4, 0.5) is 9.18 Å². The highest BCUT2D eigenvalue weighted by molar-refractivity contribution is 5.65. The third-order valence-electron chi connectivity index (χ3n) is 5.50. The number of ether oxygens (including phenoxy) is 3. The van der Waals surface area contributed by atoms with Gasteiger partial charge in [-0.1, -0.05) is 19.1 Å². The Morgan fingerprint density at radius 3 is 2.43 bits per heavy atom. The van der Waals surface area contributed by atoms with Crippen molar-refractivity contribution in [2.24, 2.45) is 0 Å². The fraction of sp³-hybridized carbons (Fsp3) is 0.435. The minimum Gasteiger partial charge on any atom is -0.488 e. The summed E-state index contributed by atoms with van der Waals surface area (Å²) in [5, 5.41) is 0. The SMILES string of the molecule is CCc1cc(C2CC2)c(OCc2c(OC(=O)OC)cccc2C2CC2)cc1F. The van der Waals surface area contributed by atoms with Gasteiger partial charge in [0.25, 0.3) is 0 Å². The largest absolute Gasteiger partial charge is 0.513 e. The smallest absolute Gasteiger partial charge is 0.488 e. The minimum absolute atomic E-state index is 0.226. The lowest BCUT2D eigenvalue weighted by Crippen LogP contribution is -2.11. The molecule has 2 fully saturated rings. The van der Waals surface area contributed by atoms with Gasteiger partial charge in [0.15, 0.2) is 0 Å². The zero-order valence-electron chi connectivity index (χ0n) is 16.3. The average Bonchev–Trinajstić information content (AvgIpc) is 3.59. The number of halogens is 1.